The molecule has 0 aliphatic carbocycles. The minimum atomic E-state index is -0.489. The topological polar surface area (TPSA) is 60.2 Å². The number of carbonyl (C=O) groups excluding carboxylic acids is 2. The monoisotopic (exact) mass is 191 g/mol. The molecule has 74 valence electrons. The summed E-state index contributed by atoms with van der Waals surface area (Å²) in [5.74, 6) is -0.378. The Morgan fingerprint density at radius 1 is 1.43 bits per heavy atom. The van der Waals surface area contributed by atoms with Crippen molar-refractivity contribution in [2.75, 3.05) is 0 Å². The minimum absolute atomic E-state index is 0.110. The lowest BCUT2D eigenvalue weighted by molar-refractivity contribution is 0.0999. The highest BCUT2D eigenvalue weighted by molar-refractivity contribution is 5.97. The molecule has 0 saturated carbocycles. The molecular weight excluding hydrogens is 178 g/mol. The summed E-state index contributed by atoms with van der Waals surface area (Å²) in [5, 5.41) is 0. The molecule has 1 aromatic carbocycles. The van der Waals surface area contributed by atoms with Gasteiger partial charge in [0.1, 0.15) is 6.29 Å². The largest absolute Gasteiger partial charge is 0.366 e. The lowest BCUT2D eigenvalue weighted by atomic mass is 9.92. The van der Waals surface area contributed by atoms with Crippen LogP contribution in [0, 0.1) is 0 Å². The summed E-state index contributed by atoms with van der Waals surface area (Å²) in [6.45, 7) is 3.85. The summed E-state index contributed by atoms with van der Waals surface area (Å²) in [6, 6.07) is 5.00. The lowest BCUT2D eigenvalue weighted by Crippen LogP contribution is -2.15. The molecule has 0 atom stereocenters. The van der Waals surface area contributed by atoms with Crippen molar-refractivity contribution < 1.29 is 9.59 Å². The smallest absolute Gasteiger partial charge is 0.249 e. The third-order valence-electron chi connectivity index (χ3n) is 2.11. The number of primary amides is 1. The van der Waals surface area contributed by atoms with Gasteiger partial charge in [0, 0.05) is 11.1 Å². The molecule has 1 amide bonds. The van der Waals surface area contributed by atoms with Crippen LogP contribution in [-0.4, -0.2) is 12.2 Å². The Hall–Kier alpha value is -1.64. The van der Waals surface area contributed by atoms with Gasteiger partial charge in [-0.25, -0.2) is 0 Å². The van der Waals surface area contributed by atoms with Gasteiger partial charge in [-0.3, -0.25) is 9.59 Å². The third kappa shape index (κ3) is 1.82. The van der Waals surface area contributed by atoms with Gasteiger partial charge < -0.3 is 5.73 Å². The van der Waals surface area contributed by atoms with Crippen LogP contribution in [0.15, 0.2) is 18.2 Å². The zero-order valence-electron chi connectivity index (χ0n) is 8.28. The fourth-order valence-electron chi connectivity index (χ4n) is 1.55. The molecule has 0 aliphatic heterocycles. The zero-order valence-corrected chi connectivity index (χ0v) is 8.28. The fraction of sp³-hybridized carbons (Fsp3) is 0.273. The number of rotatable bonds is 3. The minimum Gasteiger partial charge on any atom is -0.366 e. The zero-order chi connectivity index (χ0) is 10.7. The summed E-state index contributed by atoms with van der Waals surface area (Å²) in [5.41, 5.74) is 6.93. The number of carbonyl (C=O) groups is 2. The van der Waals surface area contributed by atoms with E-state index >= 15 is 0 Å². The van der Waals surface area contributed by atoms with Crippen LogP contribution in [0.1, 0.15) is 46.0 Å². The van der Waals surface area contributed by atoms with Crippen molar-refractivity contribution in [2.24, 2.45) is 5.73 Å². The highest BCUT2D eigenvalue weighted by Crippen LogP contribution is 2.22. The van der Waals surface area contributed by atoms with Gasteiger partial charge in [0.25, 0.3) is 0 Å². The molecule has 3 heteroatoms. The maximum atomic E-state index is 11.1. The highest BCUT2D eigenvalue weighted by atomic mass is 16.1. The molecule has 0 bridgehead atoms. The number of hydrogen-bond donors (Lipinski definition) is 1. The van der Waals surface area contributed by atoms with Crippen LogP contribution in [0.3, 0.4) is 0 Å². The second kappa shape index (κ2) is 4.05. The summed E-state index contributed by atoms with van der Waals surface area (Å²) >= 11 is 0. The highest BCUT2D eigenvalue weighted by Gasteiger charge is 2.14. The molecule has 14 heavy (non-hydrogen) atoms. The maximum absolute atomic E-state index is 11.1. The van der Waals surface area contributed by atoms with Gasteiger partial charge in [-0.1, -0.05) is 26.0 Å². The van der Waals surface area contributed by atoms with Crippen molar-refractivity contribution in [1.82, 2.24) is 0 Å². The van der Waals surface area contributed by atoms with Gasteiger partial charge in [-0.05, 0) is 17.5 Å². The van der Waals surface area contributed by atoms with Crippen molar-refractivity contribution in [2.45, 2.75) is 19.8 Å². The van der Waals surface area contributed by atoms with Crippen molar-refractivity contribution in [3.05, 3.63) is 34.9 Å². The van der Waals surface area contributed by atoms with E-state index in [4.69, 9.17) is 5.73 Å². The molecule has 1 rings (SSSR count). The Labute approximate surface area is 82.9 Å². The number of hydrogen-bond acceptors (Lipinski definition) is 2. The van der Waals surface area contributed by atoms with Crippen molar-refractivity contribution in [3.8, 4) is 0 Å². The molecule has 1 aromatic rings. The fourth-order valence-corrected chi connectivity index (χ4v) is 1.55. The standard InChI is InChI=1S/C11H13NO2/c1-7(2)10-8(6-13)4-3-5-9(10)11(12)14/h3-7H,1-2H3,(H2,12,14). The van der Waals surface area contributed by atoms with Crippen LogP contribution < -0.4 is 5.73 Å². The molecule has 0 aliphatic rings. The first-order valence-electron chi connectivity index (χ1n) is 4.45. The second-order valence-electron chi connectivity index (χ2n) is 3.45. The van der Waals surface area contributed by atoms with E-state index in [1.165, 1.54) is 0 Å². The number of nitrogens with two attached hydrogens (primary N) is 1. The van der Waals surface area contributed by atoms with Crippen LogP contribution in [0.5, 0.6) is 0 Å². The summed E-state index contributed by atoms with van der Waals surface area (Å²) in [6.07, 6.45) is 0.752. The van der Waals surface area contributed by atoms with Crippen molar-refractivity contribution in [3.63, 3.8) is 0 Å². The molecule has 0 heterocycles. The van der Waals surface area contributed by atoms with Gasteiger partial charge in [-0.2, -0.15) is 0 Å². The van der Waals surface area contributed by atoms with Gasteiger partial charge in [0.05, 0.1) is 0 Å². The Morgan fingerprint density at radius 3 is 2.50 bits per heavy atom. The number of amides is 1. The maximum Gasteiger partial charge on any atom is 0.249 e. The molecule has 0 spiro atoms. The number of aldehydes is 1. The normalized spacial score (nSPS) is 10.2. The Bertz CT molecular complexity index is 370. The van der Waals surface area contributed by atoms with E-state index in [1.54, 1.807) is 18.2 Å². The van der Waals surface area contributed by atoms with E-state index < -0.39 is 5.91 Å². The Kier molecular flexibility index (Phi) is 3.02. The van der Waals surface area contributed by atoms with E-state index in [9.17, 15) is 9.59 Å². The SMILES string of the molecule is CC(C)c1c(C=O)cccc1C(N)=O. The van der Waals surface area contributed by atoms with E-state index in [2.05, 4.69) is 0 Å². The molecule has 0 aromatic heterocycles. The summed E-state index contributed by atoms with van der Waals surface area (Å²) < 4.78 is 0. The lowest BCUT2D eigenvalue weighted by Gasteiger charge is -2.12. The summed E-state index contributed by atoms with van der Waals surface area (Å²) in [7, 11) is 0. The predicted octanol–water partition coefficient (Wildman–Crippen LogP) is 1.72. The van der Waals surface area contributed by atoms with Crippen LogP contribution >= 0.6 is 0 Å². The van der Waals surface area contributed by atoms with E-state index in [1.807, 2.05) is 13.8 Å². The molecule has 0 unspecified atom stereocenters. The van der Waals surface area contributed by atoms with E-state index in [-0.39, 0.29) is 5.92 Å². The van der Waals surface area contributed by atoms with Gasteiger partial charge >= 0.3 is 0 Å². The second-order valence-corrected chi connectivity index (χ2v) is 3.45. The molecular formula is C11H13NO2. The summed E-state index contributed by atoms with van der Waals surface area (Å²) in [4.78, 5) is 21.9. The van der Waals surface area contributed by atoms with Crippen LogP contribution in [-0.2, 0) is 0 Å². The molecule has 3 nitrogen and oxygen atoms in total. The Balaban J connectivity index is 3.43. The van der Waals surface area contributed by atoms with Gasteiger partial charge in [0.15, 0.2) is 0 Å². The van der Waals surface area contributed by atoms with Crippen LogP contribution in [0.2, 0.25) is 0 Å². The number of benzene rings is 1. The van der Waals surface area contributed by atoms with Crippen LogP contribution in [0.4, 0.5) is 0 Å². The molecule has 0 fully saturated rings. The average molecular weight is 191 g/mol. The quantitative estimate of drug-likeness (QED) is 0.739. The van der Waals surface area contributed by atoms with Gasteiger partial charge in [-0.15, -0.1) is 0 Å². The molecule has 2 N–H and O–H groups in total. The molecule has 0 saturated heterocycles. The predicted molar refractivity (Wildman–Crippen MR) is 54.4 cm³/mol. The van der Waals surface area contributed by atoms with E-state index in [0.29, 0.717) is 11.1 Å². The van der Waals surface area contributed by atoms with Crippen LogP contribution in [0.25, 0.3) is 0 Å². The van der Waals surface area contributed by atoms with Crippen molar-refractivity contribution >= 4 is 12.2 Å². The first-order valence-corrected chi connectivity index (χ1v) is 4.45. The average Bonchev–Trinajstić information content (AvgIpc) is 2.16. The first-order chi connectivity index (χ1) is 6.57. The van der Waals surface area contributed by atoms with Gasteiger partial charge in [0.2, 0.25) is 5.91 Å². The first kappa shape index (κ1) is 10.4. The van der Waals surface area contributed by atoms with Crippen molar-refractivity contribution in [1.29, 1.82) is 0 Å². The third-order valence-corrected chi connectivity index (χ3v) is 2.11. The Morgan fingerprint density at radius 2 is 2.07 bits per heavy atom. The molecule has 0 radical (unpaired) electrons. The van der Waals surface area contributed by atoms with E-state index in [0.717, 1.165) is 11.8 Å².